The van der Waals surface area contributed by atoms with Crippen molar-refractivity contribution in [1.29, 1.82) is 0 Å². The molecule has 0 unspecified atom stereocenters. The van der Waals surface area contributed by atoms with Gasteiger partial charge in [-0.25, -0.2) is 9.07 Å². The molecule has 4 aromatic rings. The van der Waals surface area contributed by atoms with Crippen LogP contribution < -0.4 is 5.32 Å². The van der Waals surface area contributed by atoms with Crippen LogP contribution in [0, 0.1) is 5.82 Å². The number of amides is 1. The molecule has 1 aliphatic rings. The third kappa shape index (κ3) is 3.08. The van der Waals surface area contributed by atoms with E-state index in [1.165, 1.54) is 12.5 Å². The number of hydrogen-bond acceptors (Lipinski definition) is 5. The molecule has 0 aliphatic heterocycles. The van der Waals surface area contributed by atoms with E-state index in [4.69, 9.17) is 4.42 Å². The number of halogens is 1. The molecule has 29 heavy (non-hydrogen) atoms. The van der Waals surface area contributed by atoms with Crippen LogP contribution in [0.3, 0.4) is 0 Å². The quantitative estimate of drug-likeness (QED) is 0.574. The Balaban J connectivity index is 1.43. The maximum absolute atomic E-state index is 14.3. The zero-order valence-corrected chi connectivity index (χ0v) is 15.3. The molecule has 2 aromatic carbocycles. The van der Waals surface area contributed by atoms with E-state index in [1.807, 2.05) is 0 Å². The van der Waals surface area contributed by atoms with Crippen molar-refractivity contribution >= 4 is 11.6 Å². The molecule has 5 rings (SSSR count). The van der Waals surface area contributed by atoms with Crippen LogP contribution in [0.25, 0.3) is 17.1 Å². The molecule has 0 saturated carbocycles. The van der Waals surface area contributed by atoms with E-state index in [-0.39, 0.29) is 11.7 Å². The summed E-state index contributed by atoms with van der Waals surface area (Å²) >= 11 is 0. The van der Waals surface area contributed by atoms with Gasteiger partial charge in [-0.05, 0) is 55.7 Å². The Kier molecular flexibility index (Phi) is 4.16. The van der Waals surface area contributed by atoms with Crippen molar-refractivity contribution in [2.75, 3.05) is 5.32 Å². The van der Waals surface area contributed by atoms with Gasteiger partial charge in [0.05, 0.1) is 0 Å². The van der Waals surface area contributed by atoms with Gasteiger partial charge in [-0.3, -0.25) is 4.79 Å². The summed E-state index contributed by atoms with van der Waals surface area (Å²) in [6, 6.07) is 13.5. The van der Waals surface area contributed by atoms with Crippen LogP contribution in [0.1, 0.15) is 28.2 Å². The molecule has 0 fully saturated rings. The minimum absolute atomic E-state index is 0.316. The predicted molar refractivity (Wildman–Crippen MR) is 103 cm³/mol. The summed E-state index contributed by atoms with van der Waals surface area (Å²) in [6.07, 6.45) is 3.70. The molecule has 0 bridgehead atoms. The smallest absolute Gasteiger partial charge is 0.276 e. The van der Waals surface area contributed by atoms with Gasteiger partial charge in [-0.1, -0.05) is 12.1 Å². The minimum atomic E-state index is -0.367. The van der Waals surface area contributed by atoms with Gasteiger partial charge in [0.1, 0.15) is 11.5 Å². The number of fused-ring (bicyclic) bond motifs is 1. The van der Waals surface area contributed by atoms with E-state index >= 15 is 0 Å². The molecule has 7 nitrogen and oxygen atoms in total. The van der Waals surface area contributed by atoms with Crippen molar-refractivity contribution in [3.8, 4) is 17.1 Å². The lowest BCUT2D eigenvalue weighted by Crippen LogP contribution is -2.15. The number of benzene rings is 2. The van der Waals surface area contributed by atoms with Crippen molar-refractivity contribution in [3.05, 3.63) is 77.7 Å². The van der Waals surface area contributed by atoms with Gasteiger partial charge in [0.2, 0.25) is 12.3 Å². The van der Waals surface area contributed by atoms with Gasteiger partial charge in [0, 0.05) is 22.5 Å². The Morgan fingerprint density at radius 3 is 2.69 bits per heavy atom. The van der Waals surface area contributed by atoms with Crippen molar-refractivity contribution < 1.29 is 13.6 Å². The molecule has 8 heteroatoms. The lowest BCUT2D eigenvalue weighted by molar-refractivity contribution is 0.102. The van der Waals surface area contributed by atoms with Crippen LogP contribution in [0.5, 0.6) is 0 Å². The number of carbonyl (C=O) groups excluding carboxylic acids is 1. The van der Waals surface area contributed by atoms with E-state index < -0.39 is 0 Å². The normalized spacial score (nSPS) is 12.7. The van der Waals surface area contributed by atoms with Crippen molar-refractivity contribution in [2.45, 2.75) is 19.3 Å². The van der Waals surface area contributed by atoms with Crippen molar-refractivity contribution in [2.24, 2.45) is 0 Å². The summed E-state index contributed by atoms with van der Waals surface area (Å²) in [4.78, 5) is 12.9. The van der Waals surface area contributed by atoms with Crippen molar-refractivity contribution in [1.82, 2.24) is 20.0 Å². The zero-order chi connectivity index (χ0) is 19.8. The van der Waals surface area contributed by atoms with Crippen LogP contribution in [0.15, 0.2) is 59.3 Å². The van der Waals surface area contributed by atoms with E-state index in [9.17, 15) is 9.18 Å². The monoisotopic (exact) mass is 389 g/mol. The summed E-state index contributed by atoms with van der Waals surface area (Å²) < 4.78 is 21.0. The van der Waals surface area contributed by atoms with Crippen LogP contribution in [0.4, 0.5) is 10.1 Å². The molecule has 1 amide bonds. The molecule has 0 atom stereocenters. The van der Waals surface area contributed by atoms with Crippen LogP contribution in [-0.4, -0.2) is 25.9 Å². The highest BCUT2D eigenvalue weighted by Crippen LogP contribution is 2.29. The highest BCUT2D eigenvalue weighted by atomic mass is 19.1. The molecule has 0 radical (unpaired) electrons. The van der Waals surface area contributed by atoms with E-state index in [0.717, 1.165) is 36.1 Å². The number of anilines is 1. The fraction of sp³-hybridized carbons (Fsp3) is 0.143. The molecule has 2 aromatic heterocycles. The third-order valence-electron chi connectivity index (χ3n) is 4.98. The summed E-state index contributed by atoms with van der Waals surface area (Å²) in [5.74, 6) is -0.277. The standard InChI is InChI=1S/C21H16FN5O2/c22-16-5-1-2-6-18(16)27-17-7-3-4-15(17)19(26-27)20(28)24-14-10-8-13(9-11-14)21-25-23-12-29-21/h1-2,5-6,8-12H,3-4,7H2,(H,24,28). The molecule has 2 heterocycles. The van der Waals surface area contributed by atoms with Gasteiger partial charge < -0.3 is 9.73 Å². The van der Waals surface area contributed by atoms with Gasteiger partial charge in [-0.2, -0.15) is 5.10 Å². The second-order valence-corrected chi connectivity index (χ2v) is 6.77. The van der Waals surface area contributed by atoms with Crippen LogP contribution >= 0.6 is 0 Å². The maximum Gasteiger partial charge on any atom is 0.276 e. The number of rotatable bonds is 4. The molecule has 0 spiro atoms. The lowest BCUT2D eigenvalue weighted by Gasteiger charge is -2.06. The molecule has 0 saturated heterocycles. The number of aromatic nitrogens is 4. The van der Waals surface area contributed by atoms with E-state index in [1.54, 1.807) is 47.1 Å². The highest BCUT2D eigenvalue weighted by Gasteiger charge is 2.27. The lowest BCUT2D eigenvalue weighted by atomic mass is 10.1. The first kappa shape index (κ1) is 17.3. The van der Waals surface area contributed by atoms with E-state index in [2.05, 4.69) is 20.6 Å². The van der Waals surface area contributed by atoms with E-state index in [0.29, 0.717) is 23.0 Å². The number of para-hydroxylation sites is 1. The highest BCUT2D eigenvalue weighted by molar-refractivity contribution is 6.04. The first-order chi connectivity index (χ1) is 14.2. The Hall–Kier alpha value is -3.81. The predicted octanol–water partition coefficient (Wildman–Crippen LogP) is 3.80. The molecule has 1 N–H and O–H groups in total. The van der Waals surface area contributed by atoms with Gasteiger partial charge in [-0.15, -0.1) is 10.2 Å². The third-order valence-corrected chi connectivity index (χ3v) is 4.98. The Bertz CT molecular complexity index is 1180. The zero-order valence-electron chi connectivity index (χ0n) is 15.3. The SMILES string of the molecule is O=C(Nc1ccc(-c2nnco2)cc1)c1nn(-c2ccccc2F)c2c1CCC2. The number of nitrogens with zero attached hydrogens (tertiary/aromatic N) is 4. The average Bonchev–Trinajstić information content (AvgIpc) is 3.47. The van der Waals surface area contributed by atoms with Crippen molar-refractivity contribution in [3.63, 3.8) is 0 Å². The van der Waals surface area contributed by atoms with Crippen LogP contribution in [0.2, 0.25) is 0 Å². The number of nitrogens with one attached hydrogen (secondary N) is 1. The first-order valence-corrected chi connectivity index (χ1v) is 9.24. The Morgan fingerprint density at radius 2 is 1.93 bits per heavy atom. The average molecular weight is 389 g/mol. The Labute approximate surface area is 165 Å². The molecular formula is C21H16FN5O2. The summed E-state index contributed by atoms with van der Waals surface area (Å²) in [5.41, 5.74) is 3.84. The van der Waals surface area contributed by atoms with Gasteiger partial charge in [0.25, 0.3) is 5.91 Å². The fourth-order valence-corrected chi connectivity index (χ4v) is 3.63. The summed E-state index contributed by atoms with van der Waals surface area (Å²) in [7, 11) is 0. The minimum Gasteiger partial charge on any atom is -0.423 e. The second-order valence-electron chi connectivity index (χ2n) is 6.77. The largest absolute Gasteiger partial charge is 0.423 e. The first-order valence-electron chi connectivity index (χ1n) is 9.24. The maximum atomic E-state index is 14.3. The number of carbonyl (C=O) groups is 1. The topological polar surface area (TPSA) is 85.8 Å². The summed E-state index contributed by atoms with van der Waals surface area (Å²) in [6.45, 7) is 0. The molecule has 1 aliphatic carbocycles. The van der Waals surface area contributed by atoms with Gasteiger partial charge >= 0.3 is 0 Å². The molecule has 144 valence electrons. The summed E-state index contributed by atoms with van der Waals surface area (Å²) in [5, 5.41) is 14.8. The second kappa shape index (κ2) is 6.97. The molecular weight excluding hydrogens is 373 g/mol. The van der Waals surface area contributed by atoms with Gasteiger partial charge in [0.15, 0.2) is 5.69 Å². The fourth-order valence-electron chi connectivity index (χ4n) is 3.63. The Morgan fingerprint density at radius 1 is 1.10 bits per heavy atom. The van der Waals surface area contributed by atoms with Crippen LogP contribution in [-0.2, 0) is 12.8 Å². The number of hydrogen-bond donors (Lipinski definition) is 1.